The quantitative estimate of drug-likeness (QED) is 0.195. The van der Waals surface area contributed by atoms with Gasteiger partial charge >= 0.3 is 0 Å². The van der Waals surface area contributed by atoms with Crippen molar-refractivity contribution in [2.45, 2.75) is 39.4 Å². The monoisotopic (exact) mass is 548 g/mol. The second-order valence-corrected chi connectivity index (χ2v) is 10.2. The maximum atomic E-state index is 13.2. The molecule has 38 heavy (non-hydrogen) atoms. The lowest BCUT2D eigenvalue weighted by atomic mass is 10.0. The van der Waals surface area contributed by atoms with Gasteiger partial charge in [0, 0.05) is 35.4 Å². The van der Waals surface area contributed by atoms with Gasteiger partial charge in [0.2, 0.25) is 11.9 Å². The summed E-state index contributed by atoms with van der Waals surface area (Å²) in [5.74, 6) is 1.09. The highest BCUT2D eigenvalue weighted by atomic mass is 35.5. The van der Waals surface area contributed by atoms with Crippen molar-refractivity contribution in [3.05, 3.63) is 100 Å². The second kappa shape index (κ2) is 13.2. The molecule has 4 rings (SSSR count). The molecule has 2 aromatic carbocycles. The number of aromatic nitrogens is 3. The second-order valence-electron chi connectivity index (χ2n) is 9.33. The van der Waals surface area contributed by atoms with Crippen molar-refractivity contribution in [3.63, 3.8) is 0 Å². The number of nitrogens with zero attached hydrogens (tertiary/aromatic N) is 3. The van der Waals surface area contributed by atoms with Gasteiger partial charge in [-0.2, -0.15) is 4.98 Å². The Kier molecular flexibility index (Phi) is 9.51. The summed E-state index contributed by atoms with van der Waals surface area (Å²) in [7, 11) is 0. The molecule has 0 fully saturated rings. The van der Waals surface area contributed by atoms with Crippen LogP contribution in [0.15, 0.2) is 79.0 Å². The highest BCUT2D eigenvalue weighted by Gasteiger charge is 2.21. The summed E-state index contributed by atoms with van der Waals surface area (Å²) >= 11 is 12.1. The van der Waals surface area contributed by atoms with Crippen LogP contribution in [-0.2, 0) is 17.9 Å². The number of carbonyl (C=O) groups excluding carboxylic acids is 1. The molecule has 1 amide bonds. The number of hydrogen-bond acceptors (Lipinski definition) is 6. The number of amides is 1. The van der Waals surface area contributed by atoms with Crippen molar-refractivity contribution in [1.29, 1.82) is 0 Å². The zero-order valence-corrected chi connectivity index (χ0v) is 22.8. The van der Waals surface area contributed by atoms with E-state index < -0.39 is 6.04 Å². The Bertz CT molecular complexity index is 1350. The van der Waals surface area contributed by atoms with Crippen molar-refractivity contribution in [1.82, 2.24) is 20.3 Å². The largest absolute Gasteiger partial charge is 0.366 e. The van der Waals surface area contributed by atoms with Crippen molar-refractivity contribution >= 4 is 40.9 Å². The number of hydrogen-bond donors (Lipinski definition) is 3. The highest BCUT2D eigenvalue weighted by molar-refractivity contribution is 6.30. The molecule has 0 saturated carbocycles. The molecule has 0 spiro atoms. The normalized spacial score (nSPS) is 11.7. The van der Waals surface area contributed by atoms with Crippen LogP contribution in [0, 0.1) is 5.92 Å². The molecule has 9 heteroatoms. The zero-order valence-electron chi connectivity index (χ0n) is 21.3. The minimum Gasteiger partial charge on any atom is -0.366 e. The van der Waals surface area contributed by atoms with Crippen LogP contribution in [0.2, 0.25) is 10.0 Å². The fourth-order valence-electron chi connectivity index (χ4n) is 3.86. The van der Waals surface area contributed by atoms with Crippen LogP contribution < -0.4 is 16.0 Å². The van der Waals surface area contributed by atoms with Crippen LogP contribution in [0.4, 0.5) is 11.8 Å². The Morgan fingerprint density at radius 3 is 2.37 bits per heavy atom. The smallest absolute Gasteiger partial charge is 0.242 e. The summed E-state index contributed by atoms with van der Waals surface area (Å²) in [5.41, 5.74) is 3.33. The van der Waals surface area contributed by atoms with Gasteiger partial charge in [0.15, 0.2) is 0 Å². The Hall–Kier alpha value is -3.68. The summed E-state index contributed by atoms with van der Waals surface area (Å²) in [5, 5.41) is 11.0. The van der Waals surface area contributed by atoms with Crippen LogP contribution in [0.5, 0.6) is 0 Å². The zero-order chi connectivity index (χ0) is 26.9. The molecule has 0 bridgehead atoms. The molecule has 3 N–H and O–H groups in total. The minimum absolute atomic E-state index is 0.131. The van der Waals surface area contributed by atoms with Crippen LogP contribution in [0.3, 0.4) is 0 Å². The minimum atomic E-state index is -0.526. The Morgan fingerprint density at radius 1 is 0.842 bits per heavy atom. The number of carbonyl (C=O) groups is 1. The van der Waals surface area contributed by atoms with E-state index in [9.17, 15) is 4.79 Å². The van der Waals surface area contributed by atoms with E-state index in [0.29, 0.717) is 52.7 Å². The van der Waals surface area contributed by atoms with E-state index in [-0.39, 0.29) is 11.8 Å². The third kappa shape index (κ3) is 8.16. The van der Waals surface area contributed by atoms with E-state index in [4.69, 9.17) is 23.2 Å². The lowest BCUT2D eigenvalue weighted by Gasteiger charge is -2.21. The Labute approximate surface area is 233 Å². The fourth-order valence-corrected chi connectivity index (χ4v) is 4.20. The summed E-state index contributed by atoms with van der Waals surface area (Å²) < 4.78 is 0. The first-order valence-electron chi connectivity index (χ1n) is 12.4. The SMILES string of the molecule is CC(C)CC(Nc1nc(NCc2cccc(Cl)c2)cc(-c2ccccn2)n1)C(=O)NCc1ccc(Cl)cc1. The van der Waals surface area contributed by atoms with Gasteiger partial charge in [-0.25, -0.2) is 4.98 Å². The predicted molar refractivity (Wildman–Crippen MR) is 154 cm³/mol. The molecule has 0 radical (unpaired) electrons. The molecule has 196 valence electrons. The van der Waals surface area contributed by atoms with Crippen molar-refractivity contribution < 1.29 is 4.79 Å². The highest BCUT2D eigenvalue weighted by Crippen LogP contribution is 2.22. The summed E-state index contributed by atoms with van der Waals surface area (Å²) in [4.78, 5) is 27.0. The Balaban J connectivity index is 1.55. The number of nitrogens with one attached hydrogen (secondary N) is 3. The number of benzene rings is 2. The van der Waals surface area contributed by atoms with E-state index >= 15 is 0 Å². The third-order valence-corrected chi connectivity index (χ3v) is 6.21. The van der Waals surface area contributed by atoms with Gasteiger partial charge in [-0.1, -0.05) is 67.4 Å². The fraction of sp³-hybridized carbons (Fsp3) is 0.241. The van der Waals surface area contributed by atoms with E-state index in [0.717, 1.165) is 11.1 Å². The van der Waals surface area contributed by atoms with Gasteiger partial charge in [-0.15, -0.1) is 0 Å². The van der Waals surface area contributed by atoms with Gasteiger partial charge in [-0.3, -0.25) is 9.78 Å². The van der Waals surface area contributed by atoms with Crippen LogP contribution in [0.25, 0.3) is 11.4 Å². The van der Waals surface area contributed by atoms with Crippen molar-refractivity contribution in [2.24, 2.45) is 5.92 Å². The maximum Gasteiger partial charge on any atom is 0.242 e. The molecule has 4 aromatic rings. The molecular weight excluding hydrogens is 519 g/mol. The van der Waals surface area contributed by atoms with E-state index in [1.165, 1.54) is 0 Å². The number of rotatable bonds is 11. The van der Waals surface area contributed by atoms with E-state index in [1.54, 1.807) is 6.20 Å². The number of anilines is 2. The molecule has 1 unspecified atom stereocenters. The van der Waals surface area contributed by atoms with Gasteiger partial charge in [0.1, 0.15) is 11.9 Å². The summed E-state index contributed by atoms with van der Waals surface area (Å²) in [6, 6.07) is 22.0. The predicted octanol–water partition coefficient (Wildman–Crippen LogP) is 6.60. The van der Waals surface area contributed by atoms with Gasteiger partial charge < -0.3 is 16.0 Å². The van der Waals surface area contributed by atoms with Gasteiger partial charge in [0.05, 0.1) is 11.4 Å². The first-order chi connectivity index (χ1) is 18.4. The molecule has 2 heterocycles. The molecule has 7 nitrogen and oxygen atoms in total. The lowest BCUT2D eigenvalue weighted by Crippen LogP contribution is -2.40. The Morgan fingerprint density at radius 2 is 1.66 bits per heavy atom. The van der Waals surface area contributed by atoms with Crippen molar-refractivity contribution in [3.8, 4) is 11.4 Å². The average Bonchev–Trinajstić information content (AvgIpc) is 2.91. The van der Waals surface area contributed by atoms with E-state index in [1.807, 2.05) is 72.8 Å². The number of pyridine rings is 1. The summed E-state index contributed by atoms with van der Waals surface area (Å²) in [6.07, 6.45) is 2.32. The molecule has 0 aliphatic heterocycles. The van der Waals surface area contributed by atoms with Gasteiger partial charge in [-0.05, 0) is 59.9 Å². The number of halogens is 2. The molecule has 0 aliphatic carbocycles. The first kappa shape index (κ1) is 27.4. The van der Waals surface area contributed by atoms with Crippen LogP contribution in [-0.4, -0.2) is 26.9 Å². The first-order valence-corrected chi connectivity index (χ1v) is 13.2. The lowest BCUT2D eigenvalue weighted by molar-refractivity contribution is -0.122. The molecule has 2 aromatic heterocycles. The molecule has 0 aliphatic rings. The molecule has 1 atom stereocenters. The van der Waals surface area contributed by atoms with Crippen molar-refractivity contribution in [2.75, 3.05) is 10.6 Å². The van der Waals surface area contributed by atoms with E-state index in [2.05, 4.69) is 44.7 Å². The third-order valence-electron chi connectivity index (χ3n) is 5.72. The summed E-state index contributed by atoms with van der Waals surface area (Å²) in [6.45, 7) is 5.07. The topological polar surface area (TPSA) is 91.8 Å². The van der Waals surface area contributed by atoms with Crippen LogP contribution in [0.1, 0.15) is 31.4 Å². The standard InChI is InChI=1S/C29H30Cl2N6O/c1-19(2)14-26(28(38)34-17-20-9-11-22(30)12-10-20)36-29-35-25(24-8-3-4-13-32-24)16-27(37-29)33-18-21-6-5-7-23(31)15-21/h3-13,15-16,19,26H,14,17-18H2,1-2H3,(H,34,38)(H2,33,35,36,37). The molecule has 0 saturated heterocycles. The molecular formula is C29H30Cl2N6O. The van der Waals surface area contributed by atoms with Gasteiger partial charge in [0.25, 0.3) is 0 Å². The van der Waals surface area contributed by atoms with Crippen LogP contribution >= 0.6 is 23.2 Å². The maximum absolute atomic E-state index is 13.2. The average molecular weight is 550 g/mol.